The molecule has 8 aliphatic carbocycles. The van der Waals surface area contributed by atoms with Crippen molar-refractivity contribution in [3.8, 4) is 0 Å². The van der Waals surface area contributed by atoms with Crippen LogP contribution in [0.4, 0.5) is 0 Å². The normalized spacial score (nSPS) is 60.3. The summed E-state index contributed by atoms with van der Waals surface area (Å²) in [5.74, 6) is 0.641. The van der Waals surface area contributed by atoms with Gasteiger partial charge >= 0.3 is 0 Å². The molecule has 0 aromatic carbocycles. The van der Waals surface area contributed by atoms with Gasteiger partial charge in [-0.15, -0.1) is 0 Å². The number of fused-ring (bicyclic) bond motifs is 4. The van der Waals surface area contributed by atoms with Crippen LogP contribution in [-0.2, 0) is 4.79 Å². The first kappa shape index (κ1) is 31.6. The van der Waals surface area contributed by atoms with Crippen molar-refractivity contribution in [2.45, 2.75) is 144 Å². The molecule has 0 aromatic rings. The highest BCUT2D eigenvalue weighted by molar-refractivity contribution is 5.85. The minimum absolute atomic E-state index is 0.0855. The Morgan fingerprint density at radius 3 is 2.07 bits per heavy atom. The van der Waals surface area contributed by atoms with Gasteiger partial charge in [0.05, 0.1) is 23.4 Å². The van der Waals surface area contributed by atoms with E-state index in [9.17, 15) is 25.2 Å². The zero-order valence-electron chi connectivity index (χ0n) is 29.2. The van der Waals surface area contributed by atoms with Gasteiger partial charge in [0.15, 0.2) is 0 Å². The van der Waals surface area contributed by atoms with Gasteiger partial charge in [0.25, 0.3) is 0 Å². The number of hydrogen-bond acceptors (Lipinski definition) is 5. The summed E-state index contributed by atoms with van der Waals surface area (Å²) in [6.45, 7) is 26.4. The lowest BCUT2D eigenvalue weighted by molar-refractivity contribution is -0.409. The fourth-order valence-corrected chi connectivity index (χ4v) is 16.0. The SMILES string of the molecule is C=C1C=C2C3(C)CCC(O)C(C)(C)C3CCC23C2(C)C(O)C(C)(O)C(C4CCC5C(C)(C)C(=O)CCC5(C)C42)C3(C)C1(C)O. The third-order valence-corrected chi connectivity index (χ3v) is 17.8. The Morgan fingerprint density at radius 2 is 1.43 bits per heavy atom. The van der Waals surface area contributed by atoms with Crippen LogP contribution in [-0.4, -0.2) is 49.6 Å². The maximum absolute atomic E-state index is 13.4. The fourth-order valence-electron chi connectivity index (χ4n) is 16.0. The van der Waals surface area contributed by atoms with Crippen LogP contribution in [0.25, 0.3) is 0 Å². The third kappa shape index (κ3) is 2.88. The van der Waals surface area contributed by atoms with Crippen molar-refractivity contribution >= 4 is 5.78 Å². The minimum Gasteiger partial charge on any atom is -0.393 e. The van der Waals surface area contributed by atoms with Gasteiger partial charge in [0, 0.05) is 34.0 Å². The standard InChI is InChI=1S/C39H60O5/c1-21-20-25-33(6)17-15-26(40)32(4,5)24(33)14-19-39(25)35(8)28-22(12-13-23-31(2,3)27(41)16-18-34(23,28)7)29(36(9,43)30(35)42)37(39,10)38(21,11)44/h20,22-24,26,28-30,40,42-44H,1,12-19H2,2-11H3. The second-order valence-corrected chi connectivity index (χ2v) is 19.5. The van der Waals surface area contributed by atoms with Crippen molar-refractivity contribution in [2.75, 3.05) is 0 Å². The molecule has 44 heavy (non-hydrogen) atoms. The summed E-state index contributed by atoms with van der Waals surface area (Å²) in [5, 5.41) is 49.7. The molecule has 7 fully saturated rings. The summed E-state index contributed by atoms with van der Waals surface area (Å²) in [6.07, 6.45) is 7.31. The number of allylic oxidation sites excluding steroid dienone is 1. The number of aliphatic hydroxyl groups is 4. The summed E-state index contributed by atoms with van der Waals surface area (Å²) in [4.78, 5) is 13.4. The van der Waals surface area contributed by atoms with Gasteiger partial charge in [-0.2, -0.15) is 0 Å². The molecule has 246 valence electrons. The van der Waals surface area contributed by atoms with E-state index in [4.69, 9.17) is 0 Å². The predicted octanol–water partition coefficient (Wildman–Crippen LogP) is 6.62. The zero-order chi connectivity index (χ0) is 32.6. The lowest BCUT2D eigenvalue weighted by Crippen LogP contribution is -2.88. The molecule has 5 heteroatoms. The van der Waals surface area contributed by atoms with E-state index in [0.717, 1.165) is 44.9 Å². The van der Waals surface area contributed by atoms with E-state index in [2.05, 4.69) is 68.0 Å². The number of ketones is 1. The van der Waals surface area contributed by atoms with Gasteiger partial charge < -0.3 is 20.4 Å². The van der Waals surface area contributed by atoms with Crippen LogP contribution in [0.5, 0.6) is 0 Å². The van der Waals surface area contributed by atoms with Crippen LogP contribution in [0.2, 0.25) is 0 Å². The van der Waals surface area contributed by atoms with Crippen molar-refractivity contribution in [1.29, 1.82) is 0 Å². The molecule has 1 spiro atoms. The lowest BCUT2D eigenvalue weighted by atomic mass is 9.18. The first-order valence-corrected chi connectivity index (χ1v) is 17.7. The molecule has 5 nitrogen and oxygen atoms in total. The Balaban J connectivity index is 1.56. The summed E-state index contributed by atoms with van der Waals surface area (Å²) in [5.41, 5.74) is -3.96. The number of rotatable bonds is 0. The van der Waals surface area contributed by atoms with Gasteiger partial charge in [0.2, 0.25) is 0 Å². The van der Waals surface area contributed by atoms with E-state index in [1.807, 2.05) is 13.8 Å². The highest BCUT2D eigenvalue weighted by Crippen LogP contribution is 2.88. The van der Waals surface area contributed by atoms with E-state index < -0.39 is 39.0 Å². The van der Waals surface area contributed by atoms with E-state index >= 15 is 0 Å². The smallest absolute Gasteiger partial charge is 0.138 e. The summed E-state index contributed by atoms with van der Waals surface area (Å²) < 4.78 is 0. The number of aliphatic hydroxyl groups excluding tert-OH is 2. The lowest BCUT2D eigenvalue weighted by Gasteiger charge is -2.86. The van der Waals surface area contributed by atoms with E-state index in [1.165, 1.54) is 5.57 Å². The number of carbonyl (C=O) groups is 1. The molecular formula is C39H60O5. The number of Topliss-reactive ketones (excluding diaryl/α,β-unsaturated/α-hetero) is 1. The second kappa shape index (κ2) is 8.34. The van der Waals surface area contributed by atoms with Crippen molar-refractivity contribution < 1.29 is 25.2 Å². The predicted molar refractivity (Wildman–Crippen MR) is 172 cm³/mol. The Kier molecular flexibility index (Phi) is 5.98. The van der Waals surface area contributed by atoms with Gasteiger partial charge in [-0.3, -0.25) is 4.79 Å². The Bertz CT molecular complexity index is 1370. The highest BCUT2D eigenvalue weighted by Gasteiger charge is 2.88. The van der Waals surface area contributed by atoms with Crippen LogP contribution in [0, 0.1) is 67.5 Å². The average Bonchev–Trinajstić information content (AvgIpc) is 2.91. The Labute approximate surface area is 266 Å². The highest BCUT2D eigenvalue weighted by atomic mass is 16.3. The molecule has 8 rings (SSSR count). The van der Waals surface area contributed by atoms with E-state index in [1.54, 1.807) is 0 Å². The monoisotopic (exact) mass is 608 g/mol. The molecule has 4 N–H and O–H groups in total. The summed E-state index contributed by atoms with van der Waals surface area (Å²) in [7, 11) is 0. The molecule has 0 aliphatic heterocycles. The average molecular weight is 609 g/mol. The molecule has 14 atom stereocenters. The molecule has 7 saturated carbocycles. The van der Waals surface area contributed by atoms with E-state index in [-0.39, 0.29) is 51.9 Å². The second-order valence-electron chi connectivity index (χ2n) is 19.5. The summed E-state index contributed by atoms with van der Waals surface area (Å²) in [6, 6.07) is 0. The van der Waals surface area contributed by atoms with Crippen molar-refractivity contribution in [1.82, 2.24) is 0 Å². The van der Waals surface area contributed by atoms with Crippen LogP contribution in [0.1, 0.15) is 121 Å². The molecule has 0 amide bonds. The maximum Gasteiger partial charge on any atom is 0.138 e. The van der Waals surface area contributed by atoms with Crippen molar-refractivity contribution in [3.63, 3.8) is 0 Å². The fraction of sp³-hybridized carbons (Fsp3) is 0.872. The molecule has 0 heterocycles. The van der Waals surface area contributed by atoms with Gasteiger partial charge in [-0.25, -0.2) is 0 Å². The van der Waals surface area contributed by atoms with Crippen LogP contribution < -0.4 is 0 Å². The minimum atomic E-state index is -1.40. The topological polar surface area (TPSA) is 98.0 Å². The maximum atomic E-state index is 13.4. The van der Waals surface area contributed by atoms with Crippen LogP contribution >= 0.6 is 0 Å². The Morgan fingerprint density at radius 1 is 0.795 bits per heavy atom. The molecule has 14 unspecified atom stereocenters. The van der Waals surface area contributed by atoms with Crippen LogP contribution in [0.3, 0.4) is 0 Å². The van der Waals surface area contributed by atoms with Crippen molar-refractivity contribution in [2.24, 2.45) is 67.5 Å². The molecule has 0 aromatic heterocycles. The van der Waals surface area contributed by atoms with Gasteiger partial charge in [-0.1, -0.05) is 73.6 Å². The summed E-state index contributed by atoms with van der Waals surface area (Å²) >= 11 is 0. The van der Waals surface area contributed by atoms with Gasteiger partial charge in [0.1, 0.15) is 5.78 Å². The van der Waals surface area contributed by atoms with Gasteiger partial charge in [-0.05, 0) is 104 Å². The molecule has 8 aliphatic rings. The number of hydrogen-bond donors (Lipinski definition) is 4. The third-order valence-electron chi connectivity index (χ3n) is 17.8. The Hall–Kier alpha value is -1.01. The quantitative estimate of drug-likeness (QED) is 0.248. The first-order valence-electron chi connectivity index (χ1n) is 17.7. The molecular weight excluding hydrogens is 548 g/mol. The zero-order valence-corrected chi connectivity index (χ0v) is 29.2. The van der Waals surface area contributed by atoms with E-state index in [0.29, 0.717) is 17.8 Å². The largest absolute Gasteiger partial charge is 0.393 e. The molecule has 0 saturated heterocycles. The van der Waals surface area contributed by atoms with Crippen LogP contribution in [0.15, 0.2) is 23.8 Å². The van der Waals surface area contributed by atoms with Crippen molar-refractivity contribution in [3.05, 3.63) is 23.8 Å². The first-order chi connectivity index (χ1) is 20.0. The molecule has 2 bridgehead atoms. The number of carbonyl (C=O) groups excluding carboxylic acids is 1. The molecule has 0 radical (unpaired) electrons.